The van der Waals surface area contributed by atoms with Crippen molar-refractivity contribution >= 4 is 28.6 Å². The molecule has 29 heavy (non-hydrogen) atoms. The SMILES string of the molecule is Brc1[c]cc(C2(c3ccccc3)N=CN=N2)cc1C1(c2ccccc2)N=CN=N1. The first-order valence-corrected chi connectivity index (χ1v) is 9.79. The summed E-state index contributed by atoms with van der Waals surface area (Å²) >= 11 is 3.63. The van der Waals surface area contributed by atoms with Crippen molar-refractivity contribution in [2.24, 2.45) is 30.4 Å². The number of azo groups is 2. The molecule has 3 aromatic rings. The lowest BCUT2D eigenvalue weighted by atomic mass is 9.86. The zero-order chi connectivity index (χ0) is 19.7. The molecule has 0 aromatic heterocycles. The summed E-state index contributed by atoms with van der Waals surface area (Å²) < 4.78 is 0.755. The fraction of sp³-hybridized carbons (Fsp3) is 0.0909. The maximum Gasteiger partial charge on any atom is 0.224 e. The molecule has 6 nitrogen and oxygen atoms in total. The second kappa shape index (κ2) is 6.93. The van der Waals surface area contributed by atoms with Gasteiger partial charge in [-0.15, -0.1) is 20.5 Å². The van der Waals surface area contributed by atoms with Crippen molar-refractivity contribution in [1.82, 2.24) is 0 Å². The lowest BCUT2D eigenvalue weighted by molar-refractivity contribution is 0.549. The lowest BCUT2D eigenvalue weighted by Gasteiger charge is -2.27. The number of hydrogen-bond acceptors (Lipinski definition) is 6. The number of benzene rings is 3. The van der Waals surface area contributed by atoms with E-state index in [-0.39, 0.29) is 0 Å². The molecule has 0 spiro atoms. The summed E-state index contributed by atoms with van der Waals surface area (Å²) in [5.41, 5.74) is 1.53. The van der Waals surface area contributed by atoms with Crippen LogP contribution >= 0.6 is 15.9 Å². The summed E-state index contributed by atoms with van der Waals surface area (Å²) in [7, 11) is 0. The van der Waals surface area contributed by atoms with Crippen LogP contribution in [-0.2, 0) is 11.3 Å². The second-order valence-electron chi connectivity index (χ2n) is 6.61. The van der Waals surface area contributed by atoms with Gasteiger partial charge >= 0.3 is 0 Å². The van der Waals surface area contributed by atoms with E-state index in [2.05, 4.69) is 52.4 Å². The highest BCUT2D eigenvalue weighted by molar-refractivity contribution is 9.10. The van der Waals surface area contributed by atoms with Crippen molar-refractivity contribution < 1.29 is 0 Å². The molecule has 0 bridgehead atoms. The Morgan fingerprint density at radius 3 is 1.79 bits per heavy atom. The van der Waals surface area contributed by atoms with Crippen LogP contribution in [0.15, 0.2) is 108 Å². The van der Waals surface area contributed by atoms with Crippen LogP contribution in [0.3, 0.4) is 0 Å². The molecule has 2 aliphatic heterocycles. The van der Waals surface area contributed by atoms with Crippen LogP contribution in [0.5, 0.6) is 0 Å². The molecule has 2 unspecified atom stereocenters. The smallest absolute Gasteiger partial charge is 0.224 e. The van der Waals surface area contributed by atoms with Crippen molar-refractivity contribution in [2.75, 3.05) is 0 Å². The molecule has 0 saturated carbocycles. The van der Waals surface area contributed by atoms with Gasteiger partial charge < -0.3 is 0 Å². The van der Waals surface area contributed by atoms with Gasteiger partial charge in [0.05, 0.1) is 0 Å². The zero-order valence-electron chi connectivity index (χ0n) is 15.1. The Kier molecular flexibility index (Phi) is 4.24. The first kappa shape index (κ1) is 17.8. The largest absolute Gasteiger partial charge is 0.231 e. The van der Waals surface area contributed by atoms with Crippen molar-refractivity contribution in [3.8, 4) is 0 Å². The molecule has 0 saturated heterocycles. The van der Waals surface area contributed by atoms with Crippen LogP contribution in [0.1, 0.15) is 22.3 Å². The Balaban J connectivity index is 1.73. The fourth-order valence-electron chi connectivity index (χ4n) is 3.61. The van der Waals surface area contributed by atoms with Crippen LogP contribution in [0.2, 0.25) is 0 Å². The van der Waals surface area contributed by atoms with Gasteiger partial charge in [0.25, 0.3) is 0 Å². The first-order chi connectivity index (χ1) is 14.2. The summed E-state index contributed by atoms with van der Waals surface area (Å²) in [5.74, 6) is 0. The van der Waals surface area contributed by atoms with Gasteiger partial charge in [-0.3, -0.25) is 0 Å². The van der Waals surface area contributed by atoms with Crippen molar-refractivity contribution in [3.05, 3.63) is 106 Å². The number of hydrogen-bond donors (Lipinski definition) is 0. The predicted molar refractivity (Wildman–Crippen MR) is 114 cm³/mol. The highest BCUT2D eigenvalue weighted by atomic mass is 79.9. The highest BCUT2D eigenvalue weighted by Gasteiger charge is 2.41. The van der Waals surface area contributed by atoms with E-state index in [1.165, 1.54) is 12.7 Å². The Labute approximate surface area is 176 Å². The quantitative estimate of drug-likeness (QED) is 0.502. The molecule has 0 aliphatic carbocycles. The molecule has 0 amide bonds. The van der Waals surface area contributed by atoms with E-state index in [4.69, 9.17) is 0 Å². The predicted octanol–water partition coefficient (Wildman–Crippen LogP) is 5.64. The normalized spacial score (nSPS) is 24.4. The minimum absolute atomic E-state index is 0.755. The molecule has 139 valence electrons. The first-order valence-electron chi connectivity index (χ1n) is 8.99. The molecule has 2 atom stereocenters. The Bertz CT molecular complexity index is 1140. The van der Waals surface area contributed by atoms with E-state index in [9.17, 15) is 0 Å². The van der Waals surface area contributed by atoms with Crippen molar-refractivity contribution in [2.45, 2.75) is 11.3 Å². The number of rotatable bonds is 4. The van der Waals surface area contributed by atoms with Gasteiger partial charge in [0, 0.05) is 26.7 Å². The van der Waals surface area contributed by atoms with Gasteiger partial charge in [-0.25, -0.2) is 9.98 Å². The minimum atomic E-state index is -0.982. The molecule has 0 N–H and O–H groups in total. The van der Waals surface area contributed by atoms with Crippen molar-refractivity contribution in [3.63, 3.8) is 0 Å². The van der Waals surface area contributed by atoms with Crippen molar-refractivity contribution in [1.29, 1.82) is 0 Å². The van der Waals surface area contributed by atoms with Gasteiger partial charge in [0.1, 0.15) is 12.7 Å². The Hall–Kier alpha value is -3.32. The van der Waals surface area contributed by atoms with Gasteiger partial charge in [0.2, 0.25) is 11.3 Å². The molecule has 2 heterocycles. The monoisotopic (exact) mass is 441 g/mol. The van der Waals surface area contributed by atoms with E-state index in [0.29, 0.717) is 0 Å². The standard InChI is InChI=1S/C22H14BrN6/c23-20-12-11-18(21(24-14-26-28-21)16-7-3-1-4-8-16)13-19(20)22(25-15-27-29-22)17-9-5-2-6-10-17/h1-11,13-15H. The zero-order valence-corrected chi connectivity index (χ0v) is 16.7. The van der Waals surface area contributed by atoms with Crippen LogP contribution in [-0.4, -0.2) is 12.7 Å². The minimum Gasteiger partial charge on any atom is -0.231 e. The summed E-state index contributed by atoms with van der Waals surface area (Å²) in [6.45, 7) is 0. The third kappa shape index (κ3) is 2.77. The van der Waals surface area contributed by atoms with E-state index in [0.717, 1.165) is 26.7 Å². The van der Waals surface area contributed by atoms with Gasteiger partial charge in [-0.1, -0.05) is 60.7 Å². The summed E-state index contributed by atoms with van der Waals surface area (Å²) in [6.07, 6.45) is 2.96. The molecule has 3 aromatic carbocycles. The Morgan fingerprint density at radius 1 is 0.690 bits per heavy atom. The molecule has 0 fully saturated rings. The number of aliphatic imine (C=N–C) groups is 2. The van der Waals surface area contributed by atoms with E-state index >= 15 is 0 Å². The molecular weight excluding hydrogens is 428 g/mol. The second-order valence-corrected chi connectivity index (χ2v) is 7.41. The molecule has 7 heteroatoms. The van der Waals surface area contributed by atoms with Crippen LogP contribution in [0.4, 0.5) is 0 Å². The van der Waals surface area contributed by atoms with Crippen LogP contribution in [0.25, 0.3) is 0 Å². The average Bonchev–Trinajstić information content (AvgIpc) is 3.47. The summed E-state index contributed by atoms with van der Waals surface area (Å²) in [4.78, 5) is 9.25. The maximum atomic E-state index is 4.63. The number of halogens is 1. The average molecular weight is 442 g/mol. The fourth-order valence-corrected chi connectivity index (χ4v) is 4.11. The van der Waals surface area contributed by atoms with Gasteiger partial charge in [-0.05, 0) is 34.1 Å². The summed E-state index contributed by atoms with van der Waals surface area (Å²) in [5, 5.41) is 17.1. The van der Waals surface area contributed by atoms with E-state index < -0.39 is 11.3 Å². The third-order valence-corrected chi connectivity index (χ3v) is 5.67. The molecular formula is C22H14BrN6. The molecule has 1 radical (unpaired) electrons. The van der Waals surface area contributed by atoms with E-state index in [1.54, 1.807) is 0 Å². The third-order valence-electron chi connectivity index (χ3n) is 5.02. The van der Waals surface area contributed by atoms with Gasteiger partial charge in [-0.2, -0.15) is 0 Å². The molecule has 5 rings (SSSR count). The lowest BCUT2D eigenvalue weighted by Crippen LogP contribution is -2.25. The van der Waals surface area contributed by atoms with Crippen LogP contribution in [0, 0.1) is 6.07 Å². The number of nitrogens with zero attached hydrogens (tertiary/aromatic N) is 6. The molecule has 2 aliphatic rings. The highest BCUT2D eigenvalue weighted by Crippen LogP contribution is 2.45. The van der Waals surface area contributed by atoms with Crippen LogP contribution < -0.4 is 0 Å². The van der Waals surface area contributed by atoms with Gasteiger partial charge in [0.15, 0.2) is 0 Å². The Morgan fingerprint density at radius 2 is 1.24 bits per heavy atom. The summed E-state index contributed by atoms with van der Waals surface area (Å²) in [6, 6.07) is 26.9. The topological polar surface area (TPSA) is 74.2 Å². The van der Waals surface area contributed by atoms with E-state index in [1.807, 2.05) is 72.8 Å². The maximum absolute atomic E-state index is 4.63.